The molecule has 6 nitrogen and oxygen atoms in total. The van der Waals surface area contributed by atoms with Crippen molar-refractivity contribution in [3.63, 3.8) is 0 Å². The molecule has 0 aliphatic heterocycles. The molecule has 0 spiro atoms. The second-order valence-electron chi connectivity index (χ2n) is 6.39. The van der Waals surface area contributed by atoms with Gasteiger partial charge in [0.15, 0.2) is 5.65 Å². The van der Waals surface area contributed by atoms with E-state index in [0.717, 1.165) is 37.8 Å². The Labute approximate surface area is 159 Å². The fraction of sp³-hybridized carbons (Fsp3) is 0.100. The number of nitrogens with one attached hydrogen (secondary N) is 1. The van der Waals surface area contributed by atoms with E-state index in [1.807, 2.05) is 41.2 Å². The third-order valence-electron chi connectivity index (χ3n) is 4.37. The molecule has 0 atom stereocenters. The number of rotatable bonds is 4. The SMILES string of the molecule is Cc1ccc(Nc2nnc(Cn3ncc4cc5ccccc5nc43)s2)cc1. The molecule has 27 heavy (non-hydrogen) atoms. The number of anilines is 2. The second kappa shape index (κ2) is 6.44. The maximum absolute atomic E-state index is 4.76. The van der Waals surface area contributed by atoms with Crippen LogP contribution in [-0.2, 0) is 6.54 Å². The number of hydrogen-bond donors (Lipinski definition) is 1. The van der Waals surface area contributed by atoms with Crippen LogP contribution in [0.5, 0.6) is 0 Å². The van der Waals surface area contributed by atoms with Crippen molar-refractivity contribution in [1.29, 1.82) is 0 Å². The molecule has 0 amide bonds. The van der Waals surface area contributed by atoms with E-state index in [-0.39, 0.29) is 0 Å². The quantitative estimate of drug-likeness (QED) is 0.502. The van der Waals surface area contributed by atoms with Crippen LogP contribution in [0.25, 0.3) is 21.9 Å². The van der Waals surface area contributed by atoms with Crippen molar-refractivity contribution < 1.29 is 0 Å². The summed E-state index contributed by atoms with van der Waals surface area (Å²) in [4.78, 5) is 4.76. The molecule has 0 saturated heterocycles. The van der Waals surface area contributed by atoms with E-state index >= 15 is 0 Å². The highest BCUT2D eigenvalue weighted by Gasteiger charge is 2.10. The number of fused-ring (bicyclic) bond motifs is 2. The normalized spacial score (nSPS) is 11.3. The first-order chi connectivity index (χ1) is 13.2. The molecule has 0 aliphatic carbocycles. The van der Waals surface area contributed by atoms with Crippen molar-refractivity contribution in [3.05, 3.63) is 71.4 Å². The van der Waals surface area contributed by atoms with Crippen molar-refractivity contribution in [3.8, 4) is 0 Å². The molecule has 0 radical (unpaired) electrons. The minimum atomic E-state index is 0.544. The highest BCUT2D eigenvalue weighted by molar-refractivity contribution is 7.15. The number of aryl methyl sites for hydroxylation is 1. The van der Waals surface area contributed by atoms with Crippen molar-refractivity contribution in [2.75, 3.05) is 5.32 Å². The van der Waals surface area contributed by atoms with Crippen LogP contribution in [0.1, 0.15) is 10.6 Å². The van der Waals surface area contributed by atoms with Gasteiger partial charge in [-0.1, -0.05) is 47.2 Å². The molecule has 132 valence electrons. The zero-order chi connectivity index (χ0) is 18.2. The predicted molar refractivity (Wildman–Crippen MR) is 109 cm³/mol. The average Bonchev–Trinajstić information content (AvgIpc) is 3.29. The molecular formula is C20H16N6S. The van der Waals surface area contributed by atoms with Crippen LogP contribution in [0.4, 0.5) is 10.8 Å². The van der Waals surface area contributed by atoms with Crippen LogP contribution in [-0.4, -0.2) is 25.0 Å². The Bertz CT molecular complexity index is 1240. The highest BCUT2D eigenvalue weighted by Crippen LogP contribution is 2.23. The van der Waals surface area contributed by atoms with Crippen molar-refractivity contribution in [1.82, 2.24) is 25.0 Å². The Morgan fingerprint density at radius 1 is 1.00 bits per heavy atom. The molecule has 0 fully saturated rings. The number of para-hydroxylation sites is 1. The van der Waals surface area contributed by atoms with Gasteiger partial charge in [-0.05, 0) is 31.2 Å². The standard InChI is InChI=1S/C20H16N6S/c1-13-6-8-16(9-7-13)22-20-25-24-18(27-20)12-26-19-15(11-21-26)10-14-4-2-3-5-17(14)23-19/h2-11H,12H2,1H3,(H,22,25). The van der Waals surface area contributed by atoms with E-state index in [1.54, 1.807) is 0 Å². The molecule has 7 heteroatoms. The van der Waals surface area contributed by atoms with E-state index in [4.69, 9.17) is 4.98 Å². The molecule has 0 bridgehead atoms. The second-order valence-corrected chi connectivity index (χ2v) is 7.45. The zero-order valence-electron chi connectivity index (χ0n) is 14.6. The minimum Gasteiger partial charge on any atom is -0.330 e. The molecule has 3 heterocycles. The van der Waals surface area contributed by atoms with Gasteiger partial charge in [0.25, 0.3) is 0 Å². The summed E-state index contributed by atoms with van der Waals surface area (Å²) in [5, 5.41) is 20.1. The summed E-state index contributed by atoms with van der Waals surface area (Å²) in [6.45, 7) is 2.61. The van der Waals surface area contributed by atoms with Gasteiger partial charge in [-0.3, -0.25) is 0 Å². The molecule has 0 aliphatic rings. The van der Waals surface area contributed by atoms with Crippen molar-refractivity contribution in [2.45, 2.75) is 13.5 Å². The molecular weight excluding hydrogens is 356 g/mol. The van der Waals surface area contributed by atoms with Crippen LogP contribution >= 0.6 is 11.3 Å². The Hall–Kier alpha value is -3.32. The Balaban J connectivity index is 1.41. The first-order valence-electron chi connectivity index (χ1n) is 8.62. The largest absolute Gasteiger partial charge is 0.330 e. The number of pyridine rings is 1. The number of nitrogens with zero attached hydrogens (tertiary/aromatic N) is 5. The van der Waals surface area contributed by atoms with Crippen LogP contribution in [0.2, 0.25) is 0 Å². The number of benzene rings is 2. The zero-order valence-corrected chi connectivity index (χ0v) is 15.4. The lowest BCUT2D eigenvalue weighted by Gasteiger charge is -2.02. The van der Waals surface area contributed by atoms with Gasteiger partial charge in [0.05, 0.1) is 18.3 Å². The van der Waals surface area contributed by atoms with E-state index in [9.17, 15) is 0 Å². The summed E-state index contributed by atoms with van der Waals surface area (Å²) in [7, 11) is 0. The van der Waals surface area contributed by atoms with Gasteiger partial charge in [0.1, 0.15) is 5.01 Å². The fourth-order valence-electron chi connectivity index (χ4n) is 2.98. The number of aromatic nitrogens is 5. The predicted octanol–water partition coefficient (Wildman–Crippen LogP) is 4.54. The van der Waals surface area contributed by atoms with Crippen molar-refractivity contribution >= 4 is 44.1 Å². The third-order valence-corrected chi connectivity index (χ3v) is 5.19. The highest BCUT2D eigenvalue weighted by atomic mass is 32.1. The van der Waals surface area contributed by atoms with Crippen LogP contribution in [0.15, 0.2) is 60.8 Å². The van der Waals surface area contributed by atoms with Crippen LogP contribution < -0.4 is 5.32 Å². The summed E-state index contributed by atoms with van der Waals surface area (Å²) >= 11 is 1.52. The first kappa shape index (κ1) is 15.9. The molecule has 5 aromatic rings. The third kappa shape index (κ3) is 3.13. The average molecular weight is 372 g/mol. The van der Waals surface area contributed by atoms with Gasteiger partial charge in [-0.2, -0.15) is 5.10 Å². The molecule has 5 rings (SSSR count). The molecule has 0 saturated carbocycles. The topological polar surface area (TPSA) is 68.5 Å². The van der Waals surface area contributed by atoms with E-state index in [2.05, 4.69) is 51.8 Å². The Morgan fingerprint density at radius 2 is 1.85 bits per heavy atom. The Morgan fingerprint density at radius 3 is 2.74 bits per heavy atom. The lowest BCUT2D eigenvalue weighted by molar-refractivity contribution is 0.695. The summed E-state index contributed by atoms with van der Waals surface area (Å²) in [6.07, 6.45) is 1.85. The Kier molecular flexibility index (Phi) is 3.79. The summed E-state index contributed by atoms with van der Waals surface area (Å²) < 4.78 is 1.87. The lowest BCUT2D eigenvalue weighted by atomic mass is 10.2. The van der Waals surface area contributed by atoms with Crippen LogP contribution in [0.3, 0.4) is 0 Å². The summed E-state index contributed by atoms with van der Waals surface area (Å²) in [5.74, 6) is 0. The van der Waals surface area contributed by atoms with Gasteiger partial charge in [-0.25, -0.2) is 9.67 Å². The molecule has 1 N–H and O–H groups in total. The summed E-state index contributed by atoms with van der Waals surface area (Å²) in [6, 6.07) is 18.4. The summed E-state index contributed by atoms with van der Waals surface area (Å²) in [5.41, 5.74) is 4.05. The minimum absolute atomic E-state index is 0.544. The number of hydrogen-bond acceptors (Lipinski definition) is 6. The van der Waals surface area contributed by atoms with Crippen molar-refractivity contribution in [2.24, 2.45) is 0 Å². The molecule has 0 unspecified atom stereocenters. The van der Waals surface area contributed by atoms with E-state index in [1.165, 1.54) is 16.9 Å². The maximum atomic E-state index is 4.76. The lowest BCUT2D eigenvalue weighted by Crippen LogP contribution is -2.02. The van der Waals surface area contributed by atoms with Gasteiger partial charge < -0.3 is 5.32 Å². The van der Waals surface area contributed by atoms with E-state index < -0.39 is 0 Å². The fourth-order valence-corrected chi connectivity index (χ4v) is 3.72. The van der Waals surface area contributed by atoms with Gasteiger partial charge in [0, 0.05) is 16.5 Å². The maximum Gasteiger partial charge on any atom is 0.210 e. The molecule has 2 aromatic carbocycles. The van der Waals surface area contributed by atoms with Crippen LogP contribution in [0, 0.1) is 6.92 Å². The smallest absolute Gasteiger partial charge is 0.210 e. The van der Waals surface area contributed by atoms with Gasteiger partial charge >= 0.3 is 0 Å². The molecule has 3 aromatic heterocycles. The first-order valence-corrected chi connectivity index (χ1v) is 9.44. The monoisotopic (exact) mass is 372 g/mol. The van der Waals surface area contributed by atoms with Gasteiger partial charge in [0.2, 0.25) is 5.13 Å². The van der Waals surface area contributed by atoms with Gasteiger partial charge in [-0.15, -0.1) is 10.2 Å². The van der Waals surface area contributed by atoms with E-state index in [0.29, 0.717) is 6.54 Å².